The summed E-state index contributed by atoms with van der Waals surface area (Å²) in [4.78, 5) is 16.1. The van der Waals surface area contributed by atoms with Gasteiger partial charge in [0.2, 0.25) is 5.91 Å². The minimum Gasteiger partial charge on any atom is -0.359 e. The number of carbonyl (C=O) groups excluding carboxylic acids is 1. The number of carbonyl (C=O) groups is 1. The molecule has 5 nitrogen and oxygen atoms in total. The van der Waals surface area contributed by atoms with E-state index in [1.807, 2.05) is 27.8 Å². The summed E-state index contributed by atoms with van der Waals surface area (Å²) in [6, 6.07) is 0. The van der Waals surface area contributed by atoms with Gasteiger partial charge in [-0.05, 0) is 31.9 Å². The van der Waals surface area contributed by atoms with Gasteiger partial charge in [-0.25, -0.2) is 4.98 Å². The summed E-state index contributed by atoms with van der Waals surface area (Å²) >= 11 is 0. The summed E-state index contributed by atoms with van der Waals surface area (Å²) in [7, 11) is 3.54. The van der Waals surface area contributed by atoms with Crippen LogP contribution in [0, 0.1) is 20.8 Å². The second-order valence-corrected chi connectivity index (χ2v) is 4.56. The normalized spacial score (nSPS) is 10.9. The van der Waals surface area contributed by atoms with E-state index >= 15 is 0 Å². The maximum absolute atomic E-state index is 11.6. The number of nitrogens with one attached hydrogen (secondary N) is 1. The zero-order chi connectivity index (χ0) is 13.4. The average molecular weight is 246 g/mol. The third kappa shape index (κ3) is 1.85. The lowest BCUT2D eigenvalue weighted by Gasteiger charge is -2.10. The number of amides is 1. The van der Waals surface area contributed by atoms with Crippen molar-refractivity contribution >= 4 is 16.9 Å². The molecule has 1 amide bonds. The van der Waals surface area contributed by atoms with Gasteiger partial charge in [0.05, 0.1) is 12.1 Å². The maximum Gasteiger partial charge on any atom is 0.224 e. The fraction of sp³-hybridized carbons (Fsp3) is 0.462. The predicted octanol–water partition coefficient (Wildman–Crippen LogP) is 1.18. The number of likely N-dealkylation sites (N-methyl/N-ethyl adjacent to an activating group) is 1. The molecule has 0 bridgehead atoms. The molecular weight excluding hydrogens is 228 g/mol. The van der Waals surface area contributed by atoms with E-state index in [1.54, 1.807) is 11.7 Å². The van der Waals surface area contributed by atoms with Gasteiger partial charge in [-0.3, -0.25) is 9.48 Å². The Hall–Kier alpha value is -1.91. The van der Waals surface area contributed by atoms with Crippen molar-refractivity contribution in [2.45, 2.75) is 27.2 Å². The highest BCUT2D eigenvalue weighted by molar-refractivity contribution is 5.86. The van der Waals surface area contributed by atoms with Crippen molar-refractivity contribution in [2.75, 3.05) is 7.05 Å². The van der Waals surface area contributed by atoms with Crippen LogP contribution < -0.4 is 5.32 Å². The number of nitrogens with zero attached hydrogens (tertiary/aromatic N) is 3. The van der Waals surface area contributed by atoms with Crippen molar-refractivity contribution in [1.82, 2.24) is 20.1 Å². The van der Waals surface area contributed by atoms with Gasteiger partial charge in [0.1, 0.15) is 0 Å². The summed E-state index contributed by atoms with van der Waals surface area (Å²) < 4.78 is 1.79. The summed E-state index contributed by atoms with van der Waals surface area (Å²) in [6.07, 6.45) is 0.367. The lowest BCUT2D eigenvalue weighted by molar-refractivity contribution is -0.119. The fourth-order valence-electron chi connectivity index (χ4n) is 2.37. The topological polar surface area (TPSA) is 59.8 Å². The molecule has 0 radical (unpaired) electrons. The molecule has 0 aliphatic heterocycles. The minimum absolute atomic E-state index is 0.00360. The lowest BCUT2D eigenvalue weighted by atomic mass is 10.0. The van der Waals surface area contributed by atoms with Gasteiger partial charge in [-0.2, -0.15) is 5.10 Å². The van der Waals surface area contributed by atoms with Crippen LogP contribution in [0.4, 0.5) is 0 Å². The van der Waals surface area contributed by atoms with Crippen molar-refractivity contribution in [3.05, 3.63) is 22.5 Å². The fourth-order valence-corrected chi connectivity index (χ4v) is 2.37. The standard InChI is InChI=1S/C13H18N4O/c1-7-10(6-11(18)14-4)8(2)15-13-12(7)9(3)16-17(13)5/h6H2,1-5H3,(H,14,18). The number of aryl methyl sites for hydroxylation is 4. The van der Waals surface area contributed by atoms with Gasteiger partial charge in [-0.1, -0.05) is 0 Å². The van der Waals surface area contributed by atoms with Crippen LogP contribution in [-0.4, -0.2) is 27.7 Å². The Morgan fingerprint density at radius 1 is 1.28 bits per heavy atom. The molecule has 0 atom stereocenters. The quantitative estimate of drug-likeness (QED) is 0.865. The van der Waals surface area contributed by atoms with E-state index < -0.39 is 0 Å². The zero-order valence-electron chi connectivity index (χ0n) is 11.5. The zero-order valence-corrected chi connectivity index (χ0v) is 11.5. The molecule has 2 aromatic rings. The molecule has 0 saturated carbocycles. The lowest BCUT2D eigenvalue weighted by Crippen LogP contribution is -2.21. The van der Waals surface area contributed by atoms with Crippen LogP contribution in [0.25, 0.3) is 11.0 Å². The molecule has 2 heterocycles. The summed E-state index contributed by atoms with van der Waals surface area (Å²) in [5.74, 6) is 0.00360. The van der Waals surface area contributed by atoms with E-state index in [2.05, 4.69) is 15.4 Å². The first-order valence-corrected chi connectivity index (χ1v) is 5.95. The molecule has 1 N–H and O–H groups in total. The van der Waals surface area contributed by atoms with Crippen LogP contribution >= 0.6 is 0 Å². The Morgan fingerprint density at radius 3 is 2.56 bits per heavy atom. The molecule has 0 unspecified atom stereocenters. The molecule has 0 fully saturated rings. The highest BCUT2D eigenvalue weighted by Crippen LogP contribution is 2.25. The number of pyridine rings is 1. The van der Waals surface area contributed by atoms with Crippen molar-refractivity contribution in [2.24, 2.45) is 7.05 Å². The molecule has 0 aliphatic carbocycles. The molecule has 2 rings (SSSR count). The van der Waals surface area contributed by atoms with Crippen LogP contribution in [-0.2, 0) is 18.3 Å². The minimum atomic E-state index is 0.00360. The van der Waals surface area contributed by atoms with Crippen LogP contribution in [0.15, 0.2) is 0 Å². The van der Waals surface area contributed by atoms with Crippen molar-refractivity contribution in [3.8, 4) is 0 Å². The molecule has 96 valence electrons. The molecule has 5 heteroatoms. The van der Waals surface area contributed by atoms with Crippen LogP contribution in [0.2, 0.25) is 0 Å². The number of hydrogen-bond acceptors (Lipinski definition) is 3. The first-order valence-electron chi connectivity index (χ1n) is 5.95. The smallest absolute Gasteiger partial charge is 0.224 e. The van der Waals surface area contributed by atoms with E-state index in [1.165, 1.54) is 0 Å². The molecule has 0 saturated heterocycles. The van der Waals surface area contributed by atoms with Gasteiger partial charge >= 0.3 is 0 Å². The molecule has 2 aromatic heterocycles. The number of hydrogen-bond donors (Lipinski definition) is 1. The number of aromatic nitrogens is 3. The van der Waals surface area contributed by atoms with E-state index in [9.17, 15) is 4.79 Å². The summed E-state index contributed by atoms with van der Waals surface area (Å²) in [5, 5.41) is 8.09. The molecule has 18 heavy (non-hydrogen) atoms. The SMILES string of the molecule is CNC(=O)Cc1c(C)nc2c(c(C)nn2C)c1C. The van der Waals surface area contributed by atoms with Crippen molar-refractivity contribution in [3.63, 3.8) is 0 Å². The van der Waals surface area contributed by atoms with E-state index in [0.29, 0.717) is 6.42 Å². The predicted molar refractivity (Wildman–Crippen MR) is 70.5 cm³/mol. The van der Waals surface area contributed by atoms with Crippen LogP contribution in [0.1, 0.15) is 22.5 Å². The first-order chi connectivity index (χ1) is 8.45. The maximum atomic E-state index is 11.6. The van der Waals surface area contributed by atoms with Gasteiger partial charge in [-0.15, -0.1) is 0 Å². The highest BCUT2D eigenvalue weighted by atomic mass is 16.1. The van der Waals surface area contributed by atoms with Crippen LogP contribution in [0.5, 0.6) is 0 Å². The Morgan fingerprint density at radius 2 is 1.94 bits per heavy atom. The first kappa shape index (κ1) is 12.5. The van der Waals surface area contributed by atoms with Gasteiger partial charge in [0.25, 0.3) is 0 Å². The monoisotopic (exact) mass is 246 g/mol. The van der Waals surface area contributed by atoms with Crippen molar-refractivity contribution < 1.29 is 4.79 Å². The third-order valence-corrected chi connectivity index (χ3v) is 3.35. The molecular formula is C13H18N4O. The van der Waals surface area contributed by atoms with Crippen LogP contribution in [0.3, 0.4) is 0 Å². The van der Waals surface area contributed by atoms with E-state index in [0.717, 1.165) is 33.5 Å². The largest absolute Gasteiger partial charge is 0.359 e. The van der Waals surface area contributed by atoms with Crippen molar-refractivity contribution in [1.29, 1.82) is 0 Å². The third-order valence-electron chi connectivity index (χ3n) is 3.35. The Labute approximate surface area is 106 Å². The molecule has 0 aliphatic rings. The number of rotatable bonds is 2. The highest BCUT2D eigenvalue weighted by Gasteiger charge is 2.16. The summed E-state index contributed by atoms with van der Waals surface area (Å²) in [6.45, 7) is 5.94. The average Bonchev–Trinajstić information content (AvgIpc) is 2.59. The number of fused-ring (bicyclic) bond motifs is 1. The molecule has 0 aromatic carbocycles. The van der Waals surface area contributed by atoms with Gasteiger partial charge in [0, 0.05) is 25.2 Å². The van der Waals surface area contributed by atoms with Gasteiger partial charge in [0.15, 0.2) is 5.65 Å². The Bertz CT molecular complexity index is 628. The molecule has 0 spiro atoms. The van der Waals surface area contributed by atoms with E-state index in [-0.39, 0.29) is 5.91 Å². The second kappa shape index (κ2) is 4.40. The van der Waals surface area contributed by atoms with Gasteiger partial charge < -0.3 is 5.32 Å². The van der Waals surface area contributed by atoms with E-state index in [4.69, 9.17) is 0 Å². The summed E-state index contributed by atoms with van der Waals surface area (Å²) in [5.41, 5.74) is 4.83. The Kier molecular flexibility index (Phi) is 3.07. The second-order valence-electron chi connectivity index (χ2n) is 4.56. The Balaban J connectivity index is 2.68.